The molecule has 212 valence electrons. The smallest absolute Gasteiger partial charge is 0.216 e. The molecule has 2 aromatic carbocycles. The third kappa shape index (κ3) is 4.67. The second-order valence-corrected chi connectivity index (χ2v) is 12.5. The van der Waals surface area contributed by atoms with Crippen LogP contribution in [0.4, 0.5) is 5.69 Å². The zero-order chi connectivity index (χ0) is 27.6. The number of phenols is 1. The minimum atomic E-state index is 0.0893. The molecule has 9 heteroatoms. The third-order valence-electron chi connectivity index (χ3n) is 9.38. The summed E-state index contributed by atoms with van der Waals surface area (Å²) in [5, 5.41) is 16.7. The Hall–Kier alpha value is -3.17. The van der Waals surface area contributed by atoms with E-state index in [4.69, 9.17) is 31.0 Å². The molecule has 41 heavy (non-hydrogen) atoms. The largest absolute Gasteiger partial charge is 0.508 e. The predicted octanol–water partition coefficient (Wildman–Crippen LogP) is 4.99. The molecular formula is C32H34ClN5O3. The molecule has 5 heterocycles. The van der Waals surface area contributed by atoms with Crippen molar-refractivity contribution < 1.29 is 14.6 Å². The first-order chi connectivity index (χ1) is 20.0. The summed E-state index contributed by atoms with van der Waals surface area (Å²) >= 11 is 6.66. The van der Waals surface area contributed by atoms with Gasteiger partial charge in [0.25, 0.3) is 0 Å². The Morgan fingerprint density at radius 2 is 1.88 bits per heavy atom. The highest BCUT2D eigenvalue weighted by Gasteiger charge is 2.49. The number of aromatic nitrogens is 2. The van der Waals surface area contributed by atoms with Gasteiger partial charge in [-0.15, -0.1) is 0 Å². The van der Waals surface area contributed by atoms with E-state index in [0.717, 1.165) is 90.9 Å². The van der Waals surface area contributed by atoms with Crippen LogP contribution in [0.15, 0.2) is 48.7 Å². The molecule has 4 aromatic rings. The highest BCUT2D eigenvalue weighted by Crippen LogP contribution is 2.43. The number of hydrogen-bond donors (Lipinski definition) is 2. The van der Waals surface area contributed by atoms with E-state index in [-0.39, 0.29) is 11.3 Å². The summed E-state index contributed by atoms with van der Waals surface area (Å²) in [6.45, 7) is 6.00. The summed E-state index contributed by atoms with van der Waals surface area (Å²) in [4.78, 5) is 15.0. The molecule has 2 unspecified atom stereocenters. The van der Waals surface area contributed by atoms with Crippen LogP contribution in [0.25, 0.3) is 32.9 Å². The number of nitrogens with one attached hydrogen (secondary N) is 1. The number of pyridine rings is 2. The number of halogens is 1. The van der Waals surface area contributed by atoms with Gasteiger partial charge in [-0.25, -0.2) is 4.98 Å². The Labute approximate surface area is 244 Å². The number of piperazine rings is 1. The first kappa shape index (κ1) is 25.5. The lowest BCUT2D eigenvalue weighted by molar-refractivity contribution is -0.00284. The van der Waals surface area contributed by atoms with Crippen LogP contribution in [0.2, 0.25) is 5.02 Å². The van der Waals surface area contributed by atoms with Gasteiger partial charge in [-0.3, -0.25) is 9.88 Å². The van der Waals surface area contributed by atoms with Crippen LogP contribution in [-0.4, -0.2) is 83.6 Å². The van der Waals surface area contributed by atoms with Crippen LogP contribution in [0.3, 0.4) is 0 Å². The lowest BCUT2D eigenvalue weighted by atomic mass is 9.98. The van der Waals surface area contributed by atoms with Gasteiger partial charge in [0, 0.05) is 66.5 Å². The van der Waals surface area contributed by atoms with Crippen LogP contribution in [0.1, 0.15) is 25.7 Å². The fraction of sp³-hybridized carbons (Fsp3) is 0.438. The van der Waals surface area contributed by atoms with Crippen molar-refractivity contribution >= 4 is 39.1 Å². The van der Waals surface area contributed by atoms with Gasteiger partial charge in [0.1, 0.15) is 17.9 Å². The molecule has 2 atom stereocenters. The Balaban J connectivity index is 1.20. The molecule has 2 bridgehead atoms. The average Bonchev–Trinajstić information content (AvgIpc) is 3.72. The maximum atomic E-state index is 10.5. The minimum absolute atomic E-state index is 0.0893. The summed E-state index contributed by atoms with van der Waals surface area (Å²) in [5.74, 6) is 0.824. The van der Waals surface area contributed by atoms with Gasteiger partial charge in [0.05, 0.1) is 30.0 Å². The molecule has 8 nitrogen and oxygen atoms in total. The van der Waals surface area contributed by atoms with Crippen molar-refractivity contribution in [2.75, 3.05) is 50.9 Å². The van der Waals surface area contributed by atoms with Crippen molar-refractivity contribution in [3.8, 4) is 22.8 Å². The van der Waals surface area contributed by atoms with Crippen molar-refractivity contribution in [3.05, 3.63) is 53.7 Å². The van der Waals surface area contributed by atoms with Gasteiger partial charge >= 0.3 is 0 Å². The molecular weight excluding hydrogens is 538 g/mol. The number of nitrogens with zero attached hydrogens (tertiary/aromatic N) is 4. The Kier molecular flexibility index (Phi) is 6.22. The van der Waals surface area contributed by atoms with Crippen molar-refractivity contribution in [3.63, 3.8) is 0 Å². The van der Waals surface area contributed by atoms with E-state index in [0.29, 0.717) is 29.6 Å². The molecule has 0 spiro atoms. The molecule has 8 rings (SSSR count). The van der Waals surface area contributed by atoms with Crippen LogP contribution >= 0.6 is 11.6 Å². The van der Waals surface area contributed by atoms with E-state index in [9.17, 15) is 5.11 Å². The highest BCUT2D eigenvalue weighted by atomic mass is 35.5. The SMILES string of the molecule is Oc1cc(-c2cnc3c(N4CC5CCC(C4)N5)cc(OCC4(N5CCOCC5)CC4)nc3c2)c2c(Cl)cccc2c1. The standard InChI is InChI=1S/C32H34ClN5O3/c33-26-3-1-2-20-12-24(39)14-25(30(20)26)21-13-27-31(34-16-21)28(37-17-22-4-5-23(18-37)35-22)15-29(36-27)41-19-32(6-7-32)38-8-10-40-11-9-38/h1-3,12-16,22-23,35,39H,4-11,17-19H2. The molecule has 3 aliphatic heterocycles. The number of rotatable bonds is 6. The maximum absolute atomic E-state index is 10.5. The van der Waals surface area contributed by atoms with E-state index in [1.807, 2.05) is 24.4 Å². The molecule has 0 radical (unpaired) electrons. The summed E-state index contributed by atoms with van der Waals surface area (Å²) in [6.07, 6.45) is 6.58. The number of phenolic OH excluding ortho intramolecular Hbond substituents is 1. The fourth-order valence-corrected chi connectivity index (χ4v) is 7.35. The quantitative estimate of drug-likeness (QED) is 0.335. The van der Waals surface area contributed by atoms with Gasteiger partial charge in [0.2, 0.25) is 5.88 Å². The van der Waals surface area contributed by atoms with Crippen LogP contribution < -0.4 is 15.0 Å². The van der Waals surface area contributed by atoms with Crippen LogP contribution in [-0.2, 0) is 4.74 Å². The number of anilines is 1. The number of fused-ring (bicyclic) bond motifs is 4. The average molecular weight is 572 g/mol. The first-order valence-corrected chi connectivity index (χ1v) is 15.1. The minimum Gasteiger partial charge on any atom is -0.508 e. The van der Waals surface area contributed by atoms with Crippen molar-refractivity contribution in [2.24, 2.45) is 0 Å². The van der Waals surface area contributed by atoms with Gasteiger partial charge < -0.3 is 24.8 Å². The second kappa shape index (κ2) is 9.98. The van der Waals surface area contributed by atoms with E-state index in [1.165, 1.54) is 12.8 Å². The summed E-state index contributed by atoms with van der Waals surface area (Å²) in [5.41, 5.74) is 4.50. The Morgan fingerprint density at radius 3 is 2.66 bits per heavy atom. The lowest BCUT2D eigenvalue weighted by Gasteiger charge is -2.35. The summed E-state index contributed by atoms with van der Waals surface area (Å²) in [6, 6.07) is 14.4. The number of ether oxygens (including phenoxy) is 2. The lowest BCUT2D eigenvalue weighted by Crippen LogP contribution is -2.51. The highest BCUT2D eigenvalue weighted by molar-refractivity contribution is 6.36. The topological polar surface area (TPSA) is 83.0 Å². The van der Waals surface area contributed by atoms with Crippen LogP contribution in [0.5, 0.6) is 11.6 Å². The molecule has 0 amide bonds. The maximum Gasteiger partial charge on any atom is 0.216 e. The Bertz CT molecular complexity index is 1630. The molecule has 4 aliphatic rings. The van der Waals surface area contributed by atoms with E-state index < -0.39 is 0 Å². The summed E-state index contributed by atoms with van der Waals surface area (Å²) in [7, 11) is 0. The molecule has 2 N–H and O–H groups in total. The monoisotopic (exact) mass is 571 g/mol. The van der Waals surface area contributed by atoms with Crippen LogP contribution in [0, 0.1) is 0 Å². The predicted molar refractivity (Wildman–Crippen MR) is 161 cm³/mol. The molecule has 1 aliphatic carbocycles. The number of benzene rings is 2. The van der Waals surface area contributed by atoms with Gasteiger partial charge in [-0.2, -0.15) is 0 Å². The van der Waals surface area contributed by atoms with E-state index in [1.54, 1.807) is 12.1 Å². The summed E-state index contributed by atoms with van der Waals surface area (Å²) < 4.78 is 12.1. The third-order valence-corrected chi connectivity index (χ3v) is 9.69. The zero-order valence-corrected chi connectivity index (χ0v) is 23.7. The molecule has 2 aromatic heterocycles. The van der Waals surface area contributed by atoms with E-state index >= 15 is 0 Å². The normalized spacial score (nSPS) is 23.8. The first-order valence-electron chi connectivity index (χ1n) is 14.7. The van der Waals surface area contributed by atoms with Gasteiger partial charge in [-0.05, 0) is 60.9 Å². The van der Waals surface area contributed by atoms with Gasteiger partial charge in [-0.1, -0.05) is 23.7 Å². The van der Waals surface area contributed by atoms with Gasteiger partial charge in [0.15, 0.2) is 0 Å². The number of morpholine rings is 1. The van der Waals surface area contributed by atoms with Crippen molar-refractivity contribution in [2.45, 2.75) is 43.3 Å². The number of hydrogen-bond acceptors (Lipinski definition) is 8. The molecule has 3 saturated heterocycles. The Morgan fingerprint density at radius 1 is 1.07 bits per heavy atom. The second-order valence-electron chi connectivity index (χ2n) is 12.1. The van der Waals surface area contributed by atoms with E-state index in [2.05, 4.69) is 27.2 Å². The van der Waals surface area contributed by atoms with Crippen molar-refractivity contribution in [1.82, 2.24) is 20.2 Å². The zero-order valence-electron chi connectivity index (χ0n) is 23.0. The molecule has 4 fully saturated rings. The fourth-order valence-electron chi connectivity index (χ4n) is 7.06. The molecule has 1 saturated carbocycles. The van der Waals surface area contributed by atoms with Crippen molar-refractivity contribution in [1.29, 1.82) is 0 Å². The number of aromatic hydroxyl groups is 1.